The van der Waals surface area contributed by atoms with Crippen LogP contribution in [0.3, 0.4) is 0 Å². The summed E-state index contributed by atoms with van der Waals surface area (Å²) in [5.74, 6) is -0.135. The zero-order valence-corrected chi connectivity index (χ0v) is 13.6. The Morgan fingerprint density at radius 1 is 1.23 bits per heavy atom. The number of anilines is 1. The molecule has 0 bridgehead atoms. The molecule has 0 atom stereocenters. The van der Waals surface area contributed by atoms with Crippen LogP contribution in [0.4, 0.5) is 10.1 Å². The van der Waals surface area contributed by atoms with Crippen LogP contribution in [-0.4, -0.2) is 46.1 Å². The van der Waals surface area contributed by atoms with Gasteiger partial charge in [-0.05, 0) is 23.7 Å². The van der Waals surface area contributed by atoms with Gasteiger partial charge in [-0.15, -0.1) is 0 Å². The summed E-state index contributed by atoms with van der Waals surface area (Å²) in [6, 6.07) is 7.26. The third-order valence-corrected chi connectivity index (χ3v) is 3.57. The van der Waals surface area contributed by atoms with Crippen LogP contribution in [0.25, 0.3) is 22.0 Å². The van der Waals surface area contributed by atoms with Gasteiger partial charge in [-0.2, -0.15) is 10.2 Å². The van der Waals surface area contributed by atoms with Crippen molar-refractivity contribution in [2.45, 2.75) is 0 Å². The molecule has 0 aliphatic rings. The first-order valence-corrected chi connectivity index (χ1v) is 7.25. The molecule has 3 rings (SSSR count). The first kappa shape index (κ1) is 19.1. The van der Waals surface area contributed by atoms with Crippen molar-refractivity contribution in [1.29, 1.82) is 0 Å². The predicted molar refractivity (Wildman–Crippen MR) is 94.4 cm³/mol. The molecule has 5 N–H and O–H groups in total. The molecule has 2 aromatic carbocycles. The number of halogens is 1. The van der Waals surface area contributed by atoms with Crippen molar-refractivity contribution in [2.75, 3.05) is 12.8 Å². The van der Waals surface area contributed by atoms with Crippen LogP contribution >= 0.6 is 0 Å². The van der Waals surface area contributed by atoms with Crippen LogP contribution in [0.2, 0.25) is 0 Å². The highest BCUT2D eigenvalue weighted by Crippen LogP contribution is 2.34. The molecule has 0 fully saturated rings. The summed E-state index contributed by atoms with van der Waals surface area (Å²) < 4.78 is 19.8. The lowest BCUT2D eigenvalue weighted by molar-refractivity contribution is -0.122. The van der Waals surface area contributed by atoms with Gasteiger partial charge >= 0.3 is 7.12 Å². The number of nitrogens with zero attached hydrogens (tertiary/aromatic N) is 2. The second-order valence-corrected chi connectivity index (χ2v) is 5.09. The molecule has 26 heavy (non-hydrogen) atoms. The Morgan fingerprint density at radius 2 is 1.92 bits per heavy atom. The molecule has 134 valence electrons. The average molecular weight is 359 g/mol. The Morgan fingerprint density at radius 3 is 2.54 bits per heavy atom. The molecule has 0 aliphatic heterocycles. The van der Waals surface area contributed by atoms with Gasteiger partial charge in [0, 0.05) is 16.5 Å². The number of methoxy groups -OCH3 is 1. The summed E-state index contributed by atoms with van der Waals surface area (Å²) in [4.78, 5) is 8.36. The number of carboxylic acid groups (broad SMARTS) is 1. The summed E-state index contributed by atoms with van der Waals surface area (Å²) >= 11 is 0. The van der Waals surface area contributed by atoms with Gasteiger partial charge in [-0.3, -0.25) is 4.79 Å². The van der Waals surface area contributed by atoms with E-state index < -0.39 is 12.9 Å². The van der Waals surface area contributed by atoms with E-state index in [9.17, 15) is 14.4 Å². The largest absolute Gasteiger partial charge is 0.496 e. The molecule has 0 saturated carbocycles. The number of hydrogen-bond donors (Lipinski definition) is 4. The van der Waals surface area contributed by atoms with E-state index in [1.165, 1.54) is 37.6 Å². The lowest BCUT2D eigenvalue weighted by Crippen LogP contribution is -2.29. The molecule has 0 aliphatic carbocycles. The molecule has 0 radical (unpaired) electrons. The molecule has 0 saturated heterocycles. The molecule has 0 amide bonds. The van der Waals surface area contributed by atoms with E-state index in [4.69, 9.17) is 20.4 Å². The van der Waals surface area contributed by atoms with Gasteiger partial charge in [0.25, 0.3) is 6.47 Å². The van der Waals surface area contributed by atoms with E-state index >= 15 is 0 Å². The molecule has 1 aromatic heterocycles. The number of nitrogens with two attached hydrogens (primary N) is 1. The Hall–Kier alpha value is -3.24. The van der Waals surface area contributed by atoms with Crippen molar-refractivity contribution in [2.24, 2.45) is 0 Å². The molecular weight excluding hydrogens is 344 g/mol. The van der Waals surface area contributed by atoms with Gasteiger partial charge in [0.15, 0.2) is 0 Å². The van der Waals surface area contributed by atoms with Crippen molar-refractivity contribution in [3.63, 3.8) is 0 Å². The summed E-state index contributed by atoms with van der Waals surface area (Å²) in [6.07, 6.45) is 1.35. The van der Waals surface area contributed by atoms with E-state index in [-0.39, 0.29) is 17.5 Å². The Balaban J connectivity index is 0.000000758. The SMILES string of the molecule is COc1ccc(B(O)O)cc1-c1cc2nncc(N)c2cc1F.O=CO. The van der Waals surface area contributed by atoms with Crippen molar-refractivity contribution in [3.05, 3.63) is 42.3 Å². The van der Waals surface area contributed by atoms with Crippen LogP contribution in [0, 0.1) is 5.82 Å². The molecular formula is C16H15BFN3O5. The van der Waals surface area contributed by atoms with Gasteiger partial charge in [0.2, 0.25) is 0 Å². The average Bonchev–Trinajstić information content (AvgIpc) is 2.62. The highest BCUT2D eigenvalue weighted by molar-refractivity contribution is 6.58. The topological polar surface area (TPSA) is 139 Å². The van der Waals surface area contributed by atoms with E-state index in [1.807, 2.05) is 0 Å². The first-order valence-electron chi connectivity index (χ1n) is 7.25. The lowest BCUT2D eigenvalue weighted by Gasteiger charge is -2.12. The number of aromatic nitrogens is 2. The monoisotopic (exact) mass is 359 g/mol. The van der Waals surface area contributed by atoms with E-state index in [0.717, 1.165) is 0 Å². The van der Waals surface area contributed by atoms with Gasteiger partial charge in [0.05, 0.1) is 24.5 Å². The number of fused-ring (bicyclic) bond motifs is 1. The number of benzene rings is 2. The van der Waals surface area contributed by atoms with Gasteiger partial charge in [-0.1, -0.05) is 12.1 Å². The highest BCUT2D eigenvalue weighted by atomic mass is 19.1. The minimum atomic E-state index is -1.67. The number of rotatable bonds is 3. The number of carbonyl (C=O) groups is 1. The highest BCUT2D eigenvalue weighted by Gasteiger charge is 2.18. The number of ether oxygens (including phenoxy) is 1. The Kier molecular flexibility index (Phi) is 6.05. The van der Waals surface area contributed by atoms with E-state index in [0.29, 0.717) is 27.9 Å². The molecule has 0 spiro atoms. The summed E-state index contributed by atoms with van der Waals surface area (Å²) in [5, 5.41) is 33.7. The maximum atomic E-state index is 14.6. The normalized spacial score (nSPS) is 10.0. The van der Waals surface area contributed by atoms with Crippen LogP contribution in [0.15, 0.2) is 36.5 Å². The van der Waals surface area contributed by atoms with Crippen molar-refractivity contribution in [1.82, 2.24) is 10.2 Å². The fraction of sp³-hybridized carbons (Fsp3) is 0.0625. The van der Waals surface area contributed by atoms with E-state index in [2.05, 4.69) is 10.2 Å². The zero-order valence-electron chi connectivity index (χ0n) is 13.6. The molecule has 1 heterocycles. The van der Waals surface area contributed by atoms with Crippen molar-refractivity contribution >= 4 is 35.6 Å². The quantitative estimate of drug-likeness (QED) is 0.390. The fourth-order valence-electron chi connectivity index (χ4n) is 2.40. The first-order chi connectivity index (χ1) is 12.4. The Bertz CT molecular complexity index is 939. The lowest BCUT2D eigenvalue weighted by atomic mass is 9.79. The van der Waals surface area contributed by atoms with E-state index in [1.54, 1.807) is 6.07 Å². The van der Waals surface area contributed by atoms with Crippen LogP contribution in [0.1, 0.15) is 0 Å². The third-order valence-electron chi connectivity index (χ3n) is 3.57. The fourth-order valence-corrected chi connectivity index (χ4v) is 2.40. The Labute approximate surface area is 147 Å². The summed E-state index contributed by atoms with van der Waals surface area (Å²) in [6.45, 7) is -0.250. The maximum Gasteiger partial charge on any atom is 0.488 e. The predicted octanol–water partition coefficient (Wildman–Crippen LogP) is 0.407. The maximum absolute atomic E-state index is 14.6. The summed E-state index contributed by atoms with van der Waals surface area (Å²) in [5.41, 5.74) is 7.33. The van der Waals surface area contributed by atoms with Gasteiger partial charge < -0.3 is 25.6 Å². The van der Waals surface area contributed by atoms with Gasteiger partial charge in [-0.25, -0.2) is 4.39 Å². The minimum Gasteiger partial charge on any atom is -0.496 e. The van der Waals surface area contributed by atoms with Crippen LogP contribution < -0.4 is 15.9 Å². The second kappa shape index (κ2) is 8.23. The van der Waals surface area contributed by atoms with Crippen molar-refractivity contribution in [3.8, 4) is 16.9 Å². The zero-order chi connectivity index (χ0) is 19.3. The number of hydrogen-bond acceptors (Lipinski definition) is 7. The smallest absolute Gasteiger partial charge is 0.488 e. The minimum absolute atomic E-state index is 0.205. The molecule has 10 heteroatoms. The van der Waals surface area contributed by atoms with Gasteiger partial charge in [0.1, 0.15) is 11.6 Å². The van der Waals surface area contributed by atoms with Crippen LogP contribution in [-0.2, 0) is 4.79 Å². The standard InChI is InChI=1S/C15H13BFN3O3.CH2O2/c1-23-15-3-2-8(16(21)22)4-10(15)9-6-14-11(5-12(9)17)13(18)7-19-20-14;2-1-3/h2-7,21-22H,1H3,(H2,18,20);1H,(H,2,3). The molecule has 3 aromatic rings. The third kappa shape index (κ3) is 3.87. The second-order valence-electron chi connectivity index (χ2n) is 5.09. The molecule has 0 unspecified atom stereocenters. The summed E-state index contributed by atoms with van der Waals surface area (Å²) in [7, 11) is -0.219. The molecule has 8 nitrogen and oxygen atoms in total. The van der Waals surface area contributed by atoms with Crippen molar-refractivity contribution < 1.29 is 29.1 Å². The number of nitrogen functional groups attached to an aromatic ring is 1. The van der Waals surface area contributed by atoms with Crippen LogP contribution in [0.5, 0.6) is 5.75 Å².